The molecule has 3 rings (SSSR count). The summed E-state index contributed by atoms with van der Waals surface area (Å²) in [6, 6.07) is 11.5. The van der Waals surface area contributed by atoms with Gasteiger partial charge in [-0.2, -0.15) is 0 Å². The molecule has 1 aliphatic rings. The van der Waals surface area contributed by atoms with E-state index < -0.39 is 11.3 Å². The van der Waals surface area contributed by atoms with Crippen molar-refractivity contribution in [3.8, 4) is 0 Å². The Morgan fingerprint density at radius 1 is 0.833 bits per heavy atom. The van der Waals surface area contributed by atoms with E-state index in [-0.39, 0.29) is 5.91 Å². The van der Waals surface area contributed by atoms with E-state index in [1.165, 1.54) is 0 Å². The number of halogens is 3. The van der Waals surface area contributed by atoms with Gasteiger partial charge in [-0.1, -0.05) is 34.8 Å². The summed E-state index contributed by atoms with van der Waals surface area (Å²) in [5, 5.41) is 6.82. The molecule has 24 heavy (non-hydrogen) atoms. The molecule has 1 aliphatic carbocycles. The summed E-state index contributed by atoms with van der Waals surface area (Å²) < 4.78 is 0. The second-order valence-electron chi connectivity index (χ2n) is 5.62. The first-order valence-electron chi connectivity index (χ1n) is 7.24. The Bertz CT molecular complexity index is 802. The molecule has 0 aliphatic heterocycles. The number of amides is 2. The van der Waals surface area contributed by atoms with Crippen molar-refractivity contribution >= 4 is 58.0 Å². The largest absolute Gasteiger partial charge is 0.325 e. The van der Waals surface area contributed by atoms with Gasteiger partial charge < -0.3 is 10.6 Å². The van der Waals surface area contributed by atoms with E-state index in [1.807, 2.05) is 0 Å². The molecule has 2 aromatic carbocycles. The summed E-state index contributed by atoms with van der Waals surface area (Å²) in [7, 11) is 0. The van der Waals surface area contributed by atoms with Crippen molar-refractivity contribution < 1.29 is 9.59 Å². The normalized spacial score (nSPS) is 14.8. The van der Waals surface area contributed by atoms with E-state index in [2.05, 4.69) is 10.6 Å². The van der Waals surface area contributed by atoms with Crippen LogP contribution in [0.15, 0.2) is 42.5 Å². The highest BCUT2D eigenvalue weighted by Gasteiger charge is 2.56. The predicted molar refractivity (Wildman–Crippen MR) is 96.8 cm³/mol. The van der Waals surface area contributed by atoms with Gasteiger partial charge in [0.2, 0.25) is 11.8 Å². The summed E-state index contributed by atoms with van der Waals surface area (Å²) in [5.41, 5.74) is -0.102. The molecule has 0 spiro atoms. The third-order valence-electron chi connectivity index (χ3n) is 3.90. The summed E-state index contributed by atoms with van der Waals surface area (Å²) in [6.07, 6.45) is 0.965. The predicted octanol–water partition coefficient (Wildman–Crippen LogP) is 5.00. The molecule has 0 heterocycles. The lowest BCUT2D eigenvalue weighted by atomic mass is 10.0. The molecular weight excluding hydrogens is 371 g/mol. The number of hydrogen-bond donors (Lipinski definition) is 2. The van der Waals surface area contributed by atoms with E-state index in [9.17, 15) is 9.59 Å². The van der Waals surface area contributed by atoms with Crippen LogP contribution in [0.25, 0.3) is 0 Å². The Morgan fingerprint density at radius 2 is 1.42 bits per heavy atom. The number of benzene rings is 2. The smallest absolute Gasteiger partial charge is 0.240 e. The number of anilines is 2. The number of carbonyl (C=O) groups excluding carboxylic acids is 2. The van der Waals surface area contributed by atoms with Crippen molar-refractivity contribution in [2.45, 2.75) is 12.8 Å². The Morgan fingerprint density at radius 3 is 2.04 bits per heavy atom. The summed E-state index contributed by atoms with van der Waals surface area (Å²) in [6.45, 7) is 0. The zero-order valence-corrected chi connectivity index (χ0v) is 14.7. The maximum absolute atomic E-state index is 12.6. The lowest BCUT2D eigenvalue weighted by molar-refractivity contribution is -0.131. The molecule has 0 radical (unpaired) electrons. The number of rotatable bonds is 4. The second-order valence-corrected chi connectivity index (χ2v) is 6.90. The van der Waals surface area contributed by atoms with Crippen molar-refractivity contribution in [2.75, 3.05) is 10.6 Å². The zero-order valence-electron chi connectivity index (χ0n) is 12.4. The van der Waals surface area contributed by atoms with Crippen molar-refractivity contribution in [3.05, 3.63) is 57.5 Å². The molecule has 2 amide bonds. The fraction of sp³-hybridized carbons (Fsp3) is 0.176. The first kappa shape index (κ1) is 17.1. The molecule has 0 bridgehead atoms. The Kier molecular flexibility index (Phi) is 4.72. The monoisotopic (exact) mass is 382 g/mol. The Balaban J connectivity index is 1.72. The molecule has 0 saturated heterocycles. The second kappa shape index (κ2) is 6.63. The highest BCUT2D eigenvalue weighted by molar-refractivity contribution is 6.36. The van der Waals surface area contributed by atoms with Crippen LogP contribution in [0.2, 0.25) is 15.1 Å². The van der Waals surface area contributed by atoms with Crippen LogP contribution in [-0.2, 0) is 9.59 Å². The molecule has 0 unspecified atom stereocenters. The molecule has 124 valence electrons. The first-order valence-corrected chi connectivity index (χ1v) is 8.38. The van der Waals surface area contributed by atoms with Crippen LogP contribution in [0.1, 0.15) is 12.8 Å². The van der Waals surface area contributed by atoms with Gasteiger partial charge in [-0.15, -0.1) is 0 Å². The molecule has 7 heteroatoms. The molecule has 4 nitrogen and oxygen atoms in total. The van der Waals surface area contributed by atoms with Crippen LogP contribution in [0.4, 0.5) is 11.4 Å². The molecule has 0 atom stereocenters. The van der Waals surface area contributed by atoms with Gasteiger partial charge in [0.05, 0.1) is 10.7 Å². The standard InChI is InChI=1S/C17H13Cl3N2O2/c18-10-1-4-12(5-2-10)21-15(23)17(7-8-17)16(24)22-14-9-11(19)3-6-13(14)20/h1-6,9H,7-8H2,(H,21,23)(H,22,24). The Labute approximate surface area is 154 Å². The van der Waals surface area contributed by atoms with E-state index >= 15 is 0 Å². The first-order chi connectivity index (χ1) is 11.4. The average Bonchev–Trinajstić information content (AvgIpc) is 3.35. The molecule has 1 fully saturated rings. The number of hydrogen-bond acceptors (Lipinski definition) is 2. The summed E-state index contributed by atoms with van der Waals surface area (Å²) in [5.74, 6) is -0.737. The lowest BCUT2D eigenvalue weighted by Crippen LogP contribution is -2.35. The number of carbonyl (C=O) groups is 2. The van der Waals surface area contributed by atoms with Crippen LogP contribution in [0.3, 0.4) is 0 Å². The van der Waals surface area contributed by atoms with Gasteiger partial charge in [0.25, 0.3) is 0 Å². The van der Waals surface area contributed by atoms with Gasteiger partial charge >= 0.3 is 0 Å². The lowest BCUT2D eigenvalue weighted by Gasteiger charge is -2.16. The highest BCUT2D eigenvalue weighted by Crippen LogP contribution is 2.48. The third-order valence-corrected chi connectivity index (χ3v) is 4.71. The highest BCUT2D eigenvalue weighted by atomic mass is 35.5. The summed E-state index contributed by atoms with van der Waals surface area (Å²) in [4.78, 5) is 25.1. The van der Waals surface area contributed by atoms with Crippen LogP contribution in [0.5, 0.6) is 0 Å². The van der Waals surface area contributed by atoms with Crippen LogP contribution in [-0.4, -0.2) is 11.8 Å². The molecule has 1 saturated carbocycles. The van der Waals surface area contributed by atoms with E-state index in [4.69, 9.17) is 34.8 Å². The van der Waals surface area contributed by atoms with E-state index in [0.29, 0.717) is 39.3 Å². The third kappa shape index (κ3) is 3.51. The topological polar surface area (TPSA) is 58.2 Å². The van der Waals surface area contributed by atoms with Gasteiger partial charge in [-0.05, 0) is 55.3 Å². The van der Waals surface area contributed by atoms with Crippen molar-refractivity contribution in [2.24, 2.45) is 5.41 Å². The van der Waals surface area contributed by atoms with Crippen molar-refractivity contribution in [3.63, 3.8) is 0 Å². The van der Waals surface area contributed by atoms with E-state index in [1.54, 1.807) is 42.5 Å². The van der Waals surface area contributed by atoms with Gasteiger partial charge in [-0.25, -0.2) is 0 Å². The zero-order chi connectivity index (χ0) is 17.3. The fourth-order valence-electron chi connectivity index (χ4n) is 2.30. The maximum Gasteiger partial charge on any atom is 0.240 e. The Hall–Kier alpha value is -1.75. The van der Waals surface area contributed by atoms with Crippen LogP contribution in [0, 0.1) is 5.41 Å². The fourth-order valence-corrected chi connectivity index (χ4v) is 2.76. The molecular formula is C17H13Cl3N2O2. The van der Waals surface area contributed by atoms with Gasteiger partial charge in [0, 0.05) is 15.7 Å². The van der Waals surface area contributed by atoms with Crippen molar-refractivity contribution in [1.82, 2.24) is 0 Å². The van der Waals surface area contributed by atoms with Gasteiger partial charge in [-0.3, -0.25) is 9.59 Å². The summed E-state index contributed by atoms with van der Waals surface area (Å²) >= 11 is 17.8. The van der Waals surface area contributed by atoms with Crippen LogP contribution >= 0.6 is 34.8 Å². The SMILES string of the molecule is O=C(Nc1ccc(Cl)cc1)C1(C(=O)Nc2cc(Cl)ccc2Cl)CC1. The molecule has 0 aromatic heterocycles. The maximum atomic E-state index is 12.6. The average molecular weight is 384 g/mol. The minimum atomic E-state index is -1.08. The van der Waals surface area contributed by atoms with Gasteiger partial charge in [0.15, 0.2) is 0 Å². The quantitative estimate of drug-likeness (QED) is 0.730. The van der Waals surface area contributed by atoms with Gasteiger partial charge in [0.1, 0.15) is 5.41 Å². The molecule has 2 N–H and O–H groups in total. The molecule has 2 aromatic rings. The minimum absolute atomic E-state index is 0.347. The number of nitrogens with one attached hydrogen (secondary N) is 2. The van der Waals surface area contributed by atoms with E-state index in [0.717, 1.165) is 0 Å². The van der Waals surface area contributed by atoms with Crippen molar-refractivity contribution in [1.29, 1.82) is 0 Å². The van der Waals surface area contributed by atoms with Crippen LogP contribution < -0.4 is 10.6 Å². The minimum Gasteiger partial charge on any atom is -0.325 e.